The van der Waals surface area contributed by atoms with Gasteiger partial charge in [-0.15, -0.1) is 11.3 Å². The van der Waals surface area contributed by atoms with E-state index >= 15 is 0 Å². The van der Waals surface area contributed by atoms with Crippen LogP contribution in [-0.4, -0.2) is 17.7 Å². The SMILES string of the molecule is CCOC(=O)c1c(NC(=S)Nc2cc(Cl)ccc2Cl)sc2c1CCCCC2. The summed E-state index contributed by atoms with van der Waals surface area (Å²) in [5.74, 6) is -0.303. The Morgan fingerprint density at radius 3 is 2.78 bits per heavy atom. The van der Waals surface area contributed by atoms with Crippen LogP contribution in [0.4, 0.5) is 10.7 Å². The molecule has 1 heterocycles. The fourth-order valence-electron chi connectivity index (χ4n) is 3.10. The van der Waals surface area contributed by atoms with Gasteiger partial charge in [0.15, 0.2) is 5.11 Å². The lowest BCUT2D eigenvalue weighted by atomic mass is 10.1. The number of halogens is 2. The molecule has 4 nitrogen and oxygen atoms in total. The molecule has 8 heteroatoms. The summed E-state index contributed by atoms with van der Waals surface area (Å²) >= 11 is 19.2. The Morgan fingerprint density at radius 1 is 1.22 bits per heavy atom. The average Bonchev–Trinajstić information content (AvgIpc) is 2.79. The standard InChI is InChI=1S/C19H20Cl2N2O2S2/c1-2-25-18(24)16-12-6-4-3-5-7-15(12)27-17(16)23-19(26)22-14-10-11(20)8-9-13(14)21/h8-10H,2-7H2,1H3,(H2,22,23,26). The van der Waals surface area contributed by atoms with Crippen LogP contribution in [0.2, 0.25) is 10.0 Å². The number of hydrogen-bond donors (Lipinski definition) is 2. The molecule has 144 valence electrons. The Labute approximate surface area is 178 Å². The molecule has 3 rings (SSSR count). The van der Waals surface area contributed by atoms with Crippen LogP contribution in [0.15, 0.2) is 18.2 Å². The van der Waals surface area contributed by atoms with Crippen LogP contribution < -0.4 is 10.6 Å². The molecule has 0 radical (unpaired) electrons. The van der Waals surface area contributed by atoms with Gasteiger partial charge >= 0.3 is 5.97 Å². The molecule has 0 unspecified atom stereocenters. The van der Waals surface area contributed by atoms with E-state index in [1.807, 2.05) is 6.92 Å². The van der Waals surface area contributed by atoms with Crippen molar-refractivity contribution in [1.82, 2.24) is 0 Å². The molecule has 2 aromatic rings. The Kier molecular flexibility index (Phi) is 6.98. The van der Waals surface area contributed by atoms with Crippen LogP contribution in [0.5, 0.6) is 0 Å². The summed E-state index contributed by atoms with van der Waals surface area (Å²) in [6.07, 6.45) is 5.27. The van der Waals surface area contributed by atoms with Gasteiger partial charge in [0.05, 0.1) is 22.9 Å². The molecule has 0 amide bonds. The monoisotopic (exact) mass is 442 g/mol. The number of anilines is 2. The number of aryl methyl sites for hydroxylation is 1. The van der Waals surface area contributed by atoms with E-state index < -0.39 is 0 Å². The van der Waals surface area contributed by atoms with Gasteiger partial charge in [0.1, 0.15) is 5.00 Å². The van der Waals surface area contributed by atoms with Crippen molar-refractivity contribution in [3.05, 3.63) is 44.2 Å². The van der Waals surface area contributed by atoms with E-state index in [1.165, 1.54) is 11.3 Å². The highest BCUT2D eigenvalue weighted by Gasteiger charge is 2.26. The van der Waals surface area contributed by atoms with E-state index in [2.05, 4.69) is 10.6 Å². The van der Waals surface area contributed by atoms with Crippen molar-refractivity contribution >= 4 is 68.5 Å². The van der Waals surface area contributed by atoms with Gasteiger partial charge in [-0.25, -0.2) is 4.79 Å². The molecule has 1 aliphatic carbocycles. The summed E-state index contributed by atoms with van der Waals surface area (Å²) in [7, 11) is 0. The Hall–Kier alpha value is -1.34. The maximum atomic E-state index is 12.6. The molecule has 0 fully saturated rings. The Bertz CT molecular complexity index is 868. The first-order chi connectivity index (χ1) is 13.0. The first-order valence-electron chi connectivity index (χ1n) is 8.84. The van der Waals surface area contributed by atoms with E-state index in [1.54, 1.807) is 29.5 Å². The molecule has 0 saturated heterocycles. The molecule has 1 aliphatic rings. The zero-order chi connectivity index (χ0) is 19.4. The molecule has 0 spiro atoms. The topological polar surface area (TPSA) is 50.4 Å². The highest BCUT2D eigenvalue weighted by atomic mass is 35.5. The fraction of sp³-hybridized carbons (Fsp3) is 0.368. The third-order valence-corrected chi connectivity index (χ3v) is 6.28. The second kappa shape index (κ2) is 9.24. The fourth-order valence-corrected chi connectivity index (χ4v) is 5.00. The van der Waals surface area contributed by atoms with Gasteiger partial charge < -0.3 is 15.4 Å². The third kappa shape index (κ3) is 4.93. The van der Waals surface area contributed by atoms with Gasteiger partial charge in [-0.3, -0.25) is 0 Å². The number of carbonyl (C=O) groups is 1. The van der Waals surface area contributed by atoms with Crippen molar-refractivity contribution in [2.24, 2.45) is 0 Å². The second-order valence-electron chi connectivity index (χ2n) is 6.19. The minimum absolute atomic E-state index is 0.303. The van der Waals surface area contributed by atoms with Crippen molar-refractivity contribution in [3.63, 3.8) is 0 Å². The molecule has 2 N–H and O–H groups in total. The van der Waals surface area contributed by atoms with E-state index in [0.717, 1.165) is 36.2 Å². The predicted octanol–water partition coefficient (Wildman–Crippen LogP) is 6.31. The van der Waals surface area contributed by atoms with Gasteiger partial charge in [-0.1, -0.05) is 29.6 Å². The quantitative estimate of drug-likeness (QED) is 0.330. The number of ether oxygens (including phenoxy) is 1. The predicted molar refractivity (Wildman–Crippen MR) is 118 cm³/mol. The number of carbonyl (C=O) groups excluding carboxylic acids is 1. The minimum atomic E-state index is -0.303. The Balaban J connectivity index is 1.86. The minimum Gasteiger partial charge on any atom is -0.462 e. The molecule has 1 aromatic carbocycles. The van der Waals surface area contributed by atoms with Crippen molar-refractivity contribution in [3.8, 4) is 0 Å². The number of esters is 1. The second-order valence-corrected chi connectivity index (χ2v) is 8.55. The molecule has 27 heavy (non-hydrogen) atoms. The summed E-state index contributed by atoms with van der Waals surface area (Å²) in [6.45, 7) is 2.15. The van der Waals surface area contributed by atoms with Crippen molar-refractivity contribution in [2.45, 2.75) is 39.0 Å². The molecule has 0 atom stereocenters. The van der Waals surface area contributed by atoms with E-state index in [0.29, 0.717) is 33.0 Å². The zero-order valence-corrected chi connectivity index (χ0v) is 18.0. The summed E-state index contributed by atoms with van der Waals surface area (Å²) in [5, 5.41) is 8.34. The van der Waals surface area contributed by atoms with E-state index in [9.17, 15) is 4.79 Å². The van der Waals surface area contributed by atoms with Crippen molar-refractivity contribution < 1.29 is 9.53 Å². The van der Waals surface area contributed by atoms with Crippen LogP contribution in [0, 0.1) is 0 Å². The van der Waals surface area contributed by atoms with Gasteiger partial charge in [0.2, 0.25) is 0 Å². The van der Waals surface area contributed by atoms with Crippen LogP contribution in [0.1, 0.15) is 47.0 Å². The molecular formula is C19H20Cl2N2O2S2. The van der Waals surface area contributed by atoms with Crippen molar-refractivity contribution in [2.75, 3.05) is 17.2 Å². The first-order valence-corrected chi connectivity index (χ1v) is 10.8. The van der Waals surface area contributed by atoms with Gasteiger partial charge in [0, 0.05) is 9.90 Å². The number of fused-ring (bicyclic) bond motifs is 1. The number of benzene rings is 1. The summed E-state index contributed by atoms with van der Waals surface area (Å²) in [4.78, 5) is 13.8. The number of rotatable bonds is 4. The van der Waals surface area contributed by atoms with Crippen LogP contribution >= 0.6 is 46.8 Å². The highest BCUT2D eigenvalue weighted by molar-refractivity contribution is 7.80. The molecule has 0 bridgehead atoms. The van der Waals surface area contributed by atoms with E-state index in [4.69, 9.17) is 40.2 Å². The lowest BCUT2D eigenvalue weighted by molar-refractivity contribution is 0.0527. The van der Waals surface area contributed by atoms with Gasteiger partial charge in [-0.05, 0) is 68.6 Å². The third-order valence-electron chi connectivity index (χ3n) is 4.30. The smallest absolute Gasteiger partial charge is 0.341 e. The van der Waals surface area contributed by atoms with Crippen molar-refractivity contribution in [1.29, 1.82) is 0 Å². The maximum Gasteiger partial charge on any atom is 0.341 e. The van der Waals surface area contributed by atoms with Gasteiger partial charge in [0.25, 0.3) is 0 Å². The number of hydrogen-bond acceptors (Lipinski definition) is 4. The van der Waals surface area contributed by atoms with Crippen LogP contribution in [-0.2, 0) is 17.6 Å². The number of thiophene rings is 1. The lowest BCUT2D eigenvalue weighted by Crippen LogP contribution is -2.20. The van der Waals surface area contributed by atoms with Crippen LogP contribution in [0.25, 0.3) is 0 Å². The largest absolute Gasteiger partial charge is 0.462 e. The number of nitrogens with one attached hydrogen (secondary N) is 2. The number of thiocarbonyl (C=S) groups is 1. The summed E-state index contributed by atoms with van der Waals surface area (Å²) < 4.78 is 5.29. The summed E-state index contributed by atoms with van der Waals surface area (Å²) in [5.41, 5.74) is 2.32. The lowest BCUT2D eigenvalue weighted by Gasteiger charge is -2.13. The molecule has 0 saturated carbocycles. The zero-order valence-electron chi connectivity index (χ0n) is 14.9. The first kappa shape index (κ1) is 20.4. The summed E-state index contributed by atoms with van der Waals surface area (Å²) in [6, 6.07) is 5.11. The van der Waals surface area contributed by atoms with Gasteiger partial charge in [-0.2, -0.15) is 0 Å². The Morgan fingerprint density at radius 2 is 2.00 bits per heavy atom. The molecule has 0 aliphatic heterocycles. The average molecular weight is 443 g/mol. The maximum absolute atomic E-state index is 12.6. The van der Waals surface area contributed by atoms with Crippen LogP contribution in [0.3, 0.4) is 0 Å². The van der Waals surface area contributed by atoms with E-state index in [-0.39, 0.29) is 5.97 Å². The highest BCUT2D eigenvalue weighted by Crippen LogP contribution is 2.38. The normalized spacial score (nSPS) is 13.4. The molecular weight excluding hydrogens is 423 g/mol. The molecule has 1 aromatic heterocycles.